The van der Waals surface area contributed by atoms with Crippen LogP contribution in [0.25, 0.3) is 0 Å². The van der Waals surface area contributed by atoms with Crippen molar-refractivity contribution in [1.82, 2.24) is 4.90 Å². The van der Waals surface area contributed by atoms with Gasteiger partial charge in [0.25, 0.3) is 5.91 Å². The summed E-state index contributed by atoms with van der Waals surface area (Å²) in [7, 11) is 1.45. The van der Waals surface area contributed by atoms with Crippen molar-refractivity contribution in [3.05, 3.63) is 78.0 Å². The number of nitrogens with zero attached hydrogens (tertiary/aromatic N) is 2. The van der Waals surface area contributed by atoms with Crippen LogP contribution in [0.2, 0.25) is 0 Å². The number of fused-ring (bicyclic) bond motifs is 2. The Labute approximate surface area is 220 Å². The topological polar surface area (TPSA) is 115 Å². The molecule has 2 amide bonds. The highest BCUT2D eigenvalue weighted by Crippen LogP contribution is 2.42. The van der Waals surface area contributed by atoms with Gasteiger partial charge in [0.1, 0.15) is 13.2 Å². The Morgan fingerprint density at radius 1 is 1.16 bits per heavy atom. The minimum atomic E-state index is -1.43. The molecule has 200 valence electrons. The van der Waals surface area contributed by atoms with E-state index < -0.39 is 30.2 Å². The van der Waals surface area contributed by atoms with Crippen LogP contribution in [0.3, 0.4) is 0 Å². The van der Waals surface area contributed by atoms with Crippen molar-refractivity contribution >= 4 is 23.7 Å². The summed E-state index contributed by atoms with van der Waals surface area (Å²) in [6, 6.07) is 11.7. The monoisotopic (exact) mass is 522 g/mol. The second-order valence-corrected chi connectivity index (χ2v) is 8.80. The number of ether oxygens (including phenoxy) is 4. The maximum absolute atomic E-state index is 13.7. The molecule has 0 spiro atoms. The van der Waals surface area contributed by atoms with Gasteiger partial charge in [-0.25, -0.2) is 9.69 Å². The Hall–Kier alpha value is -4.31. The number of amides is 2. The van der Waals surface area contributed by atoms with Gasteiger partial charge < -0.3 is 29.0 Å². The van der Waals surface area contributed by atoms with Crippen LogP contribution in [-0.4, -0.2) is 60.6 Å². The van der Waals surface area contributed by atoms with E-state index in [2.05, 4.69) is 6.58 Å². The van der Waals surface area contributed by atoms with Crippen LogP contribution < -0.4 is 14.4 Å². The minimum Gasteiger partial charge on any atom is -0.493 e. The Kier molecular flexibility index (Phi) is 8.32. The van der Waals surface area contributed by atoms with Crippen molar-refractivity contribution in [2.75, 3.05) is 25.2 Å². The summed E-state index contributed by atoms with van der Waals surface area (Å²) in [5.41, 5.74) is 1.96. The van der Waals surface area contributed by atoms with Crippen molar-refractivity contribution in [1.29, 1.82) is 0 Å². The molecule has 0 radical (unpaired) electrons. The number of hydrogen-bond donors (Lipinski definition) is 1. The molecule has 10 heteroatoms. The smallest absolute Gasteiger partial charge is 0.416 e. The highest BCUT2D eigenvalue weighted by atomic mass is 16.6. The first-order valence-corrected chi connectivity index (χ1v) is 12.1. The second-order valence-electron chi connectivity index (χ2n) is 8.80. The summed E-state index contributed by atoms with van der Waals surface area (Å²) in [6.07, 6.45) is 1.43. The van der Waals surface area contributed by atoms with Crippen molar-refractivity contribution in [3.8, 4) is 11.5 Å². The predicted octanol–water partition coefficient (Wildman–Crippen LogP) is 3.79. The summed E-state index contributed by atoms with van der Waals surface area (Å²) in [6.45, 7) is 5.16. The summed E-state index contributed by atoms with van der Waals surface area (Å²) in [4.78, 5) is 40.5. The number of esters is 1. The largest absolute Gasteiger partial charge is 0.493 e. The third-order valence-electron chi connectivity index (χ3n) is 6.25. The maximum atomic E-state index is 13.7. The van der Waals surface area contributed by atoms with Crippen LogP contribution in [-0.2, 0) is 20.9 Å². The molecule has 0 bridgehead atoms. The molecule has 38 heavy (non-hydrogen) atoms. The van der Waals surface area contributed by atoms with E-state index in [0.29, 0.717) is 12.2 Å². The molecule has 2 aliphatic rings. The van der Waals surface area contributed by atoms with E-state index in [1.807, 2.05) is 30.3 Å². The van der Waals surface area contributed by atoms with Crippen LogP contribution in [0.1, 0.15) is 35.7 Å². The number of rotatable bonds is 9. The molecular formula is C28H30N2O8. The van der Waals surface area contributed by atoms with Crippen molar-refractivity contribution in [3.63, 3.8) is 0 Å². The van der Waals surface area contributed by atoms with E-state index in [1.165, 1.54) is 37.1 Å². The molecule has 2 atom stereocenters. The lowest BCUT2D eigenvalue weighted by Gasteiger charge is -2.31. The summed E-state index contributed by atoms with van der Waals surface area (Å²) < 4.78 is 21.8. The highest BCUT2D eigenvalue weighted by Gasteiger charge is 2.45. The van der Waals surface area contributed by atoms with Gasteiger partial charge in [-0.2, -0.15) is 0 Å². The SMILES string of the molecule is C=CCOC(=O)N1c2cc(OCc3ccccc3)c(OC)cc2C(=O)N2C=C(CCOC(C)=O)C[C@H]2[C@@H]1O. The molecule has 1 N–H and O–H groups in total. The van der Waals surface area contributed by atoms with Crippen LogP contribution in [0, 0.1) is 0 Å². The molecule has 4 rings (SSSR count). The van der Waals surface area contributed by atoms with Crippen LogP contribution in [0.4, 0.5) is 10.5 Å². The standard InChI is InChI=1S/C28H30N2O8/c1-4-11-37-28(34)30-22-15-25(38-17-19-8-6-5-7-9-19)24(35-3)14-21(22)26(32)29-16-20(10-12-36-18(2)31)13-23(29)27(30)33/h4-9,14-16,23,27,33H,1,10-13,17H2,2-3H3/t23-,27-/m0/s1. The molecule has 0 fully saturated rings. The van der Waals surface area contributed by atoms with Gasteiger partial charge in [0.15, 0.2) is 17.7 Å². The highest BCUT2D eigenvalue weighted by molar-refractivity contribution is 6.06. The number of aliphatic hydroxyl groups excluding tert-OH is 1. The van der Waals surface area contributed by atoms with Gasteiger partial charge in [0.05, 0.1) is 31.0 Å². The van der Waals surface area contributed by atoms with Gasteiger partial charge in [-0.05, 0) is 23.6 Å². The molecule has 0 unspecified atom stereocenters. The van der Waals surface area contributed by atoms with E-state index in [-0.39, 0.29) is 43.2 Å². The van der Waals surface area contributed by atoms with Gasteiger partial charge in [0, 0.05) is 25.6 Å². The van der Waals surface area contributed by atoms with Gasteiger partial charge in [-0.1, -0.05) is 43.0 Å². The number of carbonyl (C=O) groups excluding carboxylic acids is 3. The van der Waals surface area contributed by atoms with E-state index >= 15 is 0 Å². The van der Waals surface area contributed by atoms with E-state index in [0.717, 1.165) is 16.0 Å². The summed E-state index contributed by atoms with van der Waals surface area (Å²) in [5.74, 6) is -0.259. The number of anilines is 1. The number of hydrogen-bond acceptors (Lipinski definition) is 8. The van der Waals surface area contributed by atoms with Gasteiger partial charge in [-0.15, -0.1) is 0 Å². The van der Waals surface area contributed by atoms with Gasteiger partial charge in [-0.3, -0.25) is 9.59 Å². The molecule has 0 aliphatic carbocycles. The zero-order chi connectivity index (χ0) is 27.2. The third kappa shape index (κ3) is 5.65. The fourth-order valence-corrected chi connectivity index (χ4v) is 4.45. The molecule has 0 saturated carbocycles. The Bertz CT molecular complexity index is 1240. The first-order chi connectivity index (χ1) is 18.3. The van der Waals surface area contributed by atoms with Crippen LogP contribution in [0.15, 0.2) is 66.9 Å². The van der Waals surface area contributed by atoms with E-state index in [9.17, 15) is 19.5 Å². The molecule has 2 heterocycles. The zero-order valence-electron chi connectivity index (χ0n) is 21.3. The summed E-state index contributed by atoms with van der Waals surface area (Å²) >= 11 is 0. The second kappa shape index (κ2) is 11.8. The van der Waals surface area contributed by atoms with E-state index in [1.54, 1.807) is 6.20 Å². The molecule has 10 nitrogen and oxygen atoms in total. The Morgan fingerprint density at radius 2 is 1.92 bits per heavy atom. The fraction of sp³-hybridized carbons (Fsp3) is 0.321. The van der Waals surface area contributed by atoms with Gasteiger partial charge in [0.2, 0.25) is 0 Å². The minimum absolute atomic E-state index is 0.0842. The zero-order valence-corrected chi connectivity index (χ0v) is 21.3. The molecule has 2 aromatic rings. The lowest BCUT2D eigenvalue weighted by Crippen LogP contribution is -2.50. The average Bonchev–Trinajstić information content (AvgIpc) is 3.32. The van der Waals surface area contributed by atoms with Crippen LogP contribution in [0.5, 0.6) is 11.5 Å². The number of benzene rings is 2. The lowest BCUT2D eigenvalue weighted by atomic mass is 10.1. The lowest BCUT2D eigenvalue weighted by molar-refractivity contribution is -0.140. The quantitative estimate of drug-likeness (QED) is 0.391. The molecule has 0 saturated heterocycles. The number of aliphatic hydroxyl groups is 1. The van der Waals surface area contributed by atoms with E-state index in [4.69, 9.17) is 18.9 Å². The molecule has 2 aromatic carbocycles. The third-order valence-corrected chi connectivity index (χ3v) is 6.25. The molecular weight excluding hydrogens is 492 g/mol. The van der Waals surface area contributed by atoms with Gasteiger partial charge >= 0.3 is 12.1 Å². The van der Waals surface area contributed by atoms with Crippen molar-refractivity contribution in [2.24, 2.45) is 0 Å². The van der Waals surface area contributed by atoms with Crippen molar-refractivity contribution < 1.29 is 38.4 Å². The average molecular weight is 523 g/mol. The Balaban J connectivity index is 1.73. The molecule has 0 aromatic heterocycles. The Morgan fingerprint density at radius 3 is 2.61 bits per heavy atom. The normalized spacial score (nSPS) is 18.1. The van der Waals surface area contributed by atoms with Crippen molar-refractivity contribution in [2.45, 2.75) is 38.6 Å². The fourth-order valence-electron chi connectivity index (χ4n) is 4.45. The first-order valence-electron chi connectivity index (χ1n) is 12.1. The number of carbonyl (C=O) groups is 3. The van der Waals surface area contributed by atoms with Crippen LogP contribution >= 0.6 is 0 Å². The first kappa shape index (κ1) is 26.7. The predicted molar refractivity (Wildman–Crippen MR) is 138 cm³/mol. The molecule has 2 aliphatic heterocycles. The summed E-state index contributed by atoms with van der Waals surface area (Å²) in [5, 5.41) is 11.4. The maximum Gasteiger partial charge on any atom is 0.416 e. The number of methoxy groups -OCH3 is 1.